The van der Waals surface area contributed by atoms with Gasteiger partial charge in [0.05, 0.1) is 11.6 Å². The minimum atomic E-state index is -4.38. The van der Waals surface area contributed by atoms with E-state index in [9.17, 15) is 18.0 Å². The van der Waals surface area contributed by atoms with Gasteiger partial charge in [0.2, 0.25) is 5.91 Å². The Kier molecular flexibility index (Phi) is 4.29. The first-order valence-corrected chi connectivity index (χ1v) is 6.35. The molecular formula is C13H16F3N3O. The van der Waals surface area contributed by atoms with E-state index >= 15 is 0 Å². The number of nitrogens with zero attached hydrogens (tertiary/aromatic N) is 1. The molecule has 1 amide bonds. The number of nitrogens with two attached hydrogens (primary N) is 1. The van der Waals surface area contributed by atoms with Crippen LogP contribution in [0.3, 0.4) is 0 Å². The molecule has 1 aliphatic rings. The predicted octanol–water partition coefficient (Wildman–Crippen LogP) is 1.83. The molecule has 2 rings (SSSR count). The Morgan fingerprint density at radius 2 is 2.15 bits per heavy atom. The zero-order valence-corrected chi connectivity index (χ0v) is 10.8. The van der Waals surface area contributed by atoms with Crippen LogP contribution in [0.25, 0.3) is 0 Å². The average Bonchev–Trinajstić information content (AvgIpc) is 2.77. The zero-order valence-electron chi connectivity index (χ0n) is 10.8. The number of nitrogens with one attached hydrogen (secondary N) is 1. The quantitative estimate of drug-likeness (QED) is 0.888. The molecule has 0 bridgehead atoms. The first-order valence-electron chi connectivity index (χ1n) is 6.35. The number of alkyl halides is 3. The first kappa shape index (κ1) is 14.8. The number of benzene rings is 1. The molecule has 1 aliphatic heterocycles. The van der Waals surface area contributed by atoms with Gasteiger partial charge >= 0.3 is 6.18 Å². The molecular weight excluding hydrogens is 271 g/mol. The average molecular weight is 287 g/mol. The third-order valence-electron chi connectivity index (χ3n) is 3.19. The Morgan fingerprint density at radius 3 is 2.80 bits per heavy atom. The van der Waals surface area contributed by atoms with Gasteiger partial charge in [-0.05, 0) is 30.7 Å². The highest BCUT2D eigenvalue weighted by Gasteiger charge is 2.33. The molecule has 1 atom stereocenters. The molecule has 0 aliphatic carbocycles. The molecule has 0 radical (unpaired) electrons. The van der Waals surface area contributed by atoms with Gasteiger partial charge in [0.15, 0.2) is 0 Å². The third-order valence-corrected chi connectivity index (χ3v) is 3.19. The topological polar surface area (TPSA) is 58.4 Å². The number of hydrazine groups is 1. The molecule has 1 saturated heterocycles. The van der Waals surface area contributed by atoms with Gasteiger partial charge in [-0.15, -0.1) is 0 Å². The Hall–Kier alpha value is -1.60. The lowest BCUT2D eigenvalue weighted by Gasteiger charge is -2.18. The van der Waals surface area contributed by atoms with Gasteiger partial charge in [0, 0.05) is 13.0 Å². The van der Waals surface area contributed by atoms with Gasteiger partial charge in [-0.2, -0.15) is 13.2 Å². The van der Waals surface area contributed by atoms with Gasteiger partial charge in [0.25, 0.3) is 0 Å². The number of carbonyl (C=O) groups excluding carboxylic acids is 1. The number of carbonyl (C=O) groups is 1. The molecule has 20 heavy (non-hydrogen) atoms. The van der Waals surface area contributed by atoms with Crippen molar-refractivity contribution in [2.75, 3.05) is 13.1 Å². The smallest absolute Gasteiger partial charge is 0.330 e. The van der Waals surface area contributed by atoms with Crippen molar-refractivity contribution in [3.05, 3.63) is 35.4 Å². The second kappa shape index (κ2) is 5.80. The van der Waals surface area contributed by atoms with E-state index in [1.165, 1.54) is 11.1 Å². The highest BCUT2D eigenvalue weighted by molar-refractivity contribution is 5.78. The fourth-order valence-electron chi connectivity index (χ4n) is 2.15. The minimum Gasteiger partial charge on any atom is -0.330 e. The van der Waals surface area contributed by atoms with Crippen molar-refractivity contribution < 1.29 is 18.0 Å². The molecule has 0 saturated carbocycles. The summed E-state index contributed by atoms with van der Waals surface area (Å²) in [5, 5.41) is 1.43. The molecule has 1 heterocycles. The molecule has 1 fully saturated rings. The Morgan fingerprint density at radius 1 is 1.40 bits per heavy atom. The summed E-state index contributed by atoms with van der Waals surface area (Å²) < 4.78 is 38.0. The summed E-state index contributed by atoms with van der Waals surface area (Å²) in [5.41, 5.74) is 8.06. The summed E-state index contributed by atoms with van der Waals surface area (Å²) in [5.74, 6) is -0.124. The highest BCUT2D eigenvalue weighted by Crippen LogP contribution is 2.32. The largest absolute Gasteiger partial charge is 0.416 e. The number of amides is 1. The second-order valence-electron chi connectivity index (χ2n) is 4.70. The Bertz CT molecular complexity index is 490. The number of halogens is 3. The van der Waals surface area contributed by atoms with Gasteiger partial charge in [-0.1, -0.05) is 12.1 Å². The van der Waals surface area contributed by atoms with Crippen LogP contribution in [0.5, 0.6) is 0 Å². The lowest BCUT2D eigenvalue weighted by atomic mass is 10.0. The lowest BCUT2D eigenvalue weighted by Crippen LogP contribution is -2.36. The molecule has 110 valence electrons. The van der Waals surface area contributed by atoms with Gasteiger partial charge in [-0.3, -0.25) is 9.80 Å². The van der Waals surface area contributed by atoms with Gasteiger partial charge in [0.1, 0.15) is 0 Å². The summed E-state index contributed by atoms with van der Waals surface area (Å²) in [6.07, 6.45) is -3.57. The summed E-state index contributed by atoms with van der Waals surface area (Å²) in [7, 11) is 0. The van der Waals surface area contributed by atoms with E-state index in [1.54, 1.807) is 6.07 Å². The predicted molar refractivity (Wildman–Crippen MR) is 67.3 cm³/mol. The van der Waals surface area contributed by atoms with Gasteiger partial charge in [-0.25, -0.2) is 5.43 Å². The third kappa shape index (κ3) is 3.29. The van der Waals surface area contributed by atoms with Crippen LogP contribution in [-0.2, 0) is 11.0 Å². The number of hydrogen-bond acceptors (Lipinski definition) is 3. The van der Waals surface area contributed by atoms with Crippen LogP contribution in [0.4, 0.5) is 13.2 Å². The minimum absolute atomic E-state index is 0.124. The summed E-state index contributed by atoms with van der Waals surface area (Å²) in [4.78, 5) is 11.7. The SMILES string of the molecule is NCCCN1NC(c2cccc(C(F)(F)F)c2)CC1=O. The van der Waals surface area contributed by atoms with Crippen LogP contribution in [0, 0.1) is 0 Å². The number of rotatable bonds is 4. The fourth-order valence-corrected chi connectivity index (χ4v) is 2.15. The van der Waals surface area contributed by atoms with Crippen molar-refractivity contribution in [1.82, 2.24) is 10.4 Å². The zero-order chi connectivity index (χ0) is 14.8. The van der Waals surface area contributed by atoms with Crippen LogP contribution >= 0.6 is 0 Å². The van der Waals surface area contributed by atoms with E-state index in [-0.39, 0.29) is 12.3 Å². The van der Waals surface area contributed by atoms with Crippen LogP contribution in [0.1, 0.15) is 30.0 Å². The van der Waals surface area contributed by atoms with E-state index in [0.717, 1.165) is 12.1 Å². The van der Waals surface area contributed by atoms with Crippen LogP contribution < -0.4 is 11.2 Å². The lowest BCUT2D eigenvalue weighted by molar-refractivity contribution is -0.137. The summed E-state index contributed by atoms with van der Waals surface area (Å²) in [6.45, 7) is 0.921. The van der Waals surface area contributed by atoms with E-state index in [1.807, 2.05) is 0 Å². The molecule has 3 N–H and O–H groups in total. The molecule has 7 heteroatoms. The van der Waals surface area contributed by atoms with Crippen molar-refractivity contribution >= 4 is 5.91 Å². The summed E-state index contributed by atoms with van der Waals surface area (Å²) in [6, 6.07) is 4.63. The monoisotopic (exact) mass is 287 g/mol. The van der Waals surface area contributed by atoms with Crippen molar-refractivity contribution in [3.8, 4) is 0 Å². The van der Waals surface area contributed by atoms with Crippen molar-refractivity contribution in [1.29, 1.82) is 0 Å². The summed E-state index contributed by atoms with van der Waals surface area (Å²) >= 11 is 0. The van der Waals surface area contributed by atoms with E-state index in [4.69, 9.17) is 5.73 Å². The van der Waals surface area contributed by atoms with Crippen LogP contribution in [0.15, 0.2) is 24.3 Å². The Labute approximate surface area is 114 Å². The maximum atomic E-state index is 12.7. The highest BCUT2D eigenvalue weighted by atomic mass is 19.4. The normalized spacial score (nSPS) is 19.7. The van der Waals surface area contributed by atoms with Crippen LogP contribution in [-0.4, -0.2) is 24.0 Å². The molecule has 1 aromatic rings. The number of hydrogen-bond donors (Lipinski definition) is 2. The first-order chi connectivity index (χ1) is 9.41. The second-order valence-corrected chi connectivity index (χ2v) is 4.70. The molecule has 4 nitrogen and oxygen atoms in total. The van der Waals surface area contributed by atoms with Crippen molar-refractivity contribution in [2.45, 2.75) is 25.1 Å². The van der Waals surface area contributed by atoms with Crippen molar-refractivity contribution in [2.24, 2.45) is 5.73 Å². The fraction of sp³-hybridized carbons (Fsp3) is 0.462. The maximum absolute atomic E-state index is 12.7. The van der Waals surface area contributed by atoms with Gasteiger partial charge < -0.3 is 5.73 Å². The van der Waals surface area contributed by atoms with E-state index < -0.39 is 17.8 Å². The molecule has 0 spiro atoms. The Balaban J connectivity index is 2.11. The maximum Gasteiger partial charge on any atom is 0.416 e. The van der Waals surface area contributed by atoms with E-state index in [2.05, 4.69) is 5.43 Å². The molecule has 1 unspecified atom stereocenters. The van der Waals surface area contributed by atoms with E-state index in [0.29, 0.717) is 25.1 Å². The molecule has 1 aromatic carbocycles. The molecule has 0 aromatic heterocycles. The van der Waals surface area contributed by atoms with Crippen LogP contribution in [0.2, 0.25) is 0 Å². The standard InChI is InChI=1S/C13H16F3N3O/c14-13(15,16)10-4-1-3-9(7-10)11-8-12(20)19(18-11)6-2-5-17/h1,3-4,7,11,18H,2,5-6,8,17H2. The van der Waals surface area contributed by atoms with Crippen molar-refractivity contribution in [3.63, 3.8) is 0 Å².